The van der Waals surface area contributed by atoms with Crippen molar-refractivity contribution in [2.45, 2.75) is 69.6 Å². The van der Waals surface area contributed by atoms with E-state index in [0.29, 0.717) is 17.4 Å². The summed E-state index contributed by atoms with van der Waals surface area (Å²) in [5.74, 6) is 1.49. The fraction of sp³-hybridized carbons (Fsp3) is 0.708. The molecule has 2 aliphatic carbocycles. The van der Waals surface area contributed by atoms with E-state index in [9.17, 15) is 0 Å². The summed E-state index contributed by atoms with van der Waals surface area (Å²) in [7, 11) is 3.57. The zero-order valence-electron chi connectivity index (χ0n) is 19.5. The largest absolute Gasteiger partial charge is 0.377 e. The maximum absolute atomic E-state index is 5.61. The molecule has 8 heteroatoms. The third-order valence-electron chi connectivity index (χ3n) is 7.60. The van der Waals surface area contributed by atoms with Crippen molar-refractivity contribution in [3.63, 3.8) is 0 Å². The van der Waals surface area contributed by atoms with Gasteiger partial charge in [-0.25, -0.2) is 4.68 Å². The third-order valence-corrected chi connectivity index (χ3v) is 7.60. The Kier molecular flexibility index (Phi) is 6.18. The summed E-state index contributed by atoms with van der Waals surface area (Å²) in [4.78, 5) is 2.52. The summed E-state index contributed by atoms with van der Waals surface area (Å²) in [5, 5.41) is 16.8. The number of methoxy groups -OCH3 is 2. The van der Waals surface area contributed by atoms with Crippen molar-refractivity contribution in [3.8, 4) is 5.69 Å². The first kappa shape index (κ1) is 21.8. The van der Waals surface area contributed by atoms with Crippen molar-refractivity contribution in [2.75, 3.05) is 39.2 Å². The second-order valence-corrected chi connectivity index (χ2v) is 10.2. The van der Waals surface area contributed by atoms with Crippen LogP contribution in [0.3, 0.4) is 0 Å². The van der Waals surface area contributed by atoms with Gasteiger partial charge in [-0.2, -0.15) is 10.2 Å². The number of hydrogen-bond donors (Lipinski definition) is 1. The molecule has 1 aliphatic heterocycles. The van der Waals surface area contributed by atoms with Gasteiger partial charge in [0.05, 0.1) is 24.1 Å². The fourth-order valence-corrected chi connectivity index (χ4v) is 5.53. The maximum atomic E-state index is 5.61. The lowest BCUT2D eigenvalue weighted by atomic mass is 9.73. The van der Waals surface area contributed by atoms with Crippen LogP contribution in [0.5, 0.6) is 0 Å². The predicted molar refractivity (Wildman–Crippen MR) is 123 cm³/mol. The topological polar surface area (TPSA) is 77.3 Å². The molecule has 2 aromatic heterocycles. The van der Waals surface area contributed by atoms with Gasteiger partial charge in [0.15, 0.2) is 5.82 Å². The van der Waals surface area contributed by atoms with Crippen molar-refractivity contribution in [1.29, 1.82) is 0 Å². The van der Waals surface area contributed by atoms with Gasteiger partial charge in [0.25, 0.3) is 0 Å². The lowest BCUT2D eigenvalue weighted by molar-refractivity contribution is -0.00461. The van der Waals surface area contributed by atoms with E-state index in [1.54, 1.807) is 20.4 Å². The van der Waals surface area contributed by atoms with Crippen LogP contribution in [0.25, 0.3) is 5.69 Å². The Balaban J connectivity index is 1.16. The van der Waals surface area contributed by atoms with Crippen molar-refractivity contribution < 1.29 is 9.47 Å². The van der Waals surface area contributed by atoms with Crippen LogP contribution >= 0.6 is 0 Å². The SMILES string of the molecule is CO[C@@H]1CN(CC2(C)CCC(Nc3cc(-n4nccc4C4CC4)cnn3)CC2)C[C@H]1OC. The van der Waals surface area contributed by atoms with Crippen LogP contribution in [0, 0.1) is 5.41 Å². The van der Waals surface area contributed by atoms with Gasteiger partial charge < -0.3 is 14.8 Å². The minimum atomic E-state index is 0.183. The quantitative estimate of drug-likeness (QED) is 0.675. The first-order valence-corrected chi connectivity index (χ1v) is 12.0. The third kappa shape index (κ3) is 4.67. The van der Waals surface area contributed by atoms with Crippen LogP contribution in [0.4, 0.5) is 5.82 Å². The molecule has 174 valence electrons. The Morgan fingerprint density at radius 1 is 1.09 bits per heavy atom. The summed E-state index contributed by atoms with van der Waals surface area (Å²) in [6, 6.07) is 4.64. The second kappa shape index (κ2) is 9.08. The van der Waals surface area contributed by atoms with Crippen LogP contribution in [0.1, 0.15) is 57.1 Å². The maximum Gasteiger partial charge on any atom is 0.151 e. The molecule has 2 atom stereocenters. The van der Waals surface area contributed by atoms with Crippen molar-refractivity contribution >= 4 is 5.82 Å². The summed E-state index contributed by atoms with van der Waals surface area (Å²) < 4.78 is 13.2. The van der Waals surface area contributed by atoms with E-state index in [1.165, 1.54) is 31.4 Å². The Bertz CT molecular complexity index is 893. The number of nitrogens with one attached hydrogen (secondary N) is 1. The monoisotopic (exact) mass is 440 g/mol. The normalized spacial score (nSPS) is 31.2. The molecule has 1 N–H and O–H groups in total. The van der Waals surface area contributed by atoms with Crippen LogP contribution in [-0.4, -0.2) is 77.0 Å². The molecule has 0 amide bonds. The molecule has 32 heavy (non-hydrogen) atoms. The van der Waals surface area contributed by atoms with Crippen LogP contribution in [-0.2, 0) is 9.47 Å². The minimum absolute atomic E-state index is 0.183. The summed E-state index contributed by atoms with van der Waals surface area (Å²) >= 11 is 0. The van der Waals surface area contributed by atoms with Gasteiger partial charge in [0.1, 0.15) is 0 Å². The molecule has 5 rings (SSSR count). The fourth-order valence-electron chi connectivity index (χ4n) is 5.53. The first-order chi connectivity index (χ1) is 15.6. The average Bonchev–Trinajstić information content (AvgIpc) is 3.39. The van der Waals surface area contributed by atoms with E-state index in [1.807, 2.05) is 10.9 Å². The van der Waals surface area contributed by atoms with Gasteiger partial charge in [-0.3, -0.25) is 4.90 Å². The molecule has 0 spiro atoms. The Morgan fingerprint density at radius 2 is 1.81 bits per heavy atom. The summed E-state index contributed by atoms with van der Waals surface area (Å²) in [5.41, 5.74) is 2.61. The van der Waals surface area contributed by atoms with Crippen LogP contribution in [0.2, 0.25) is 0 Å². The van der Waals surface area contributed by atoms with Gasteiger partial charge in [-0.05, 0) is 50.0 Å². The number of hydrogen-bond acceptors (Lipinski definition) is 7. The minimum Gasteiger partial charge on any atom is -0.377 e. The molecule has 2 saturated carbocycles. The molecule has 2 aromatic rings. The van der Waals surface area contributed by atoms with Gasteiger partial charge in [-0.1, -0.05) is 6.92 Å². The predicted octanol–water partition coefficient (Wildman–Crippen LogP) is 3.25. The zero-order valence-corrected chi connectivity index (χ0v) is 19.5. The zero-order chi connectivity index (χ0) is 22.1. The van der Waals surface area contributed by atoms with E-state index in [-0.39, 0.29) is 12.2 Å². The molecule has 0 unspecified atom stereocenters. The number of likely N-dealkylation sites (tertiary alicyclic amines) is 1. The number of rotatable bonds is 8. The van der Waals surface area contributed by atoms with Gasteiger partial charge >= 0.3 is 0 Å². The summed E-state index contributed by atoms with van der Waals surface area (Å²) in [6.07, 6.45) is 11.3. The van der Waals surface area contributed by atoms with Gasteiger partial charge in [0.2, 0.25) is 0 Å². The molecule has 0 bridgehead atoms. The number of anilines is 1. The first-order valence-electron chi connectivity index (χ1n) is 12.0. The van der Waals surface area contributed by atoms with E-state index in [2.05, 4.69) is 44.6 Å². The smallest absolute Gasteiger partial charge is 0.151 e. The Morgan fingerprint density at radius 3 is 2.47 bits per heavy atom. The number of nitrogens with zero attached hydrogens (tertiary/aromatic N) is 5. The molecule has 3 aliphatic rings. The second-order valence-electron chi connectivity index (χ2n) is 10.2. The molecule has 0 radical (unpaired) electrons. The highest BCUT2D eigenvalue weighted by Gasteiger charge is 2.38. The molecular weight excluding hydrogens is 404 g/mol. The highest BCUT2D eigenvalue weighted by atomic mass is 16.5. The lowest BCUT2D eigenvalue weighted by Gasteiger charge is -2.40. The van der Waals surface area contributed by atoms with E-state index < -0.39 is 0 Å². The van der Waals surface area contributed by atoms with E-state index >= 15 is 0 Å². The van der Waals surface area contributed by atoms with Crippen LogP contribution in [0.15, 0.2) is 24.5 Å². The Labute approximate surface area is 190 Å². The lowest BCUT2D eigenvalue weighted by Crippen LogP contribution is -2.40. The van der Waals surface area contributed by atoms with Crippen molar-refractivity contribution in [1.82, 2.24) is 24.9 Å². The Hall–Kier alpha value is -2.03. The molecule has 3 heterocycles. The standard InChI is InChI=1S/C24H36N6O2/c1-24(16-29-14-21(31-2)22(15-29)32-3)9-6-18(7-10-24)27-23-12-19(13-25-28-23)30-20(8-11-26-30)17-4-5-17/h8,11-13,17-18,21-22H,4-7,9-10,14-16H2,1-3H3,(H,27,28)/t18?,21-,22-,24?/m1/s1. The average molecular weight is 441 g/mol. The van der Waals surface area contributed by atoms with E-state index in [0.717, 1.165) is 44.0 Å². The number of ether oxygens (including phenoxy) is 2. The molecule has 0 aromatic carbocycles. The molecular formula is C24H36N6O2. The van der Waals surface area contributed by atoms with E-state index in [4.69, 9.17) is 9.47 Å². The number of aromatic nitrogens is 4. The molecule has 3 fully saturated rings. The highest BCUT2D eigenvalue weighted by molar-refractivity contribution is 5.44. The van der Waals surface area contributed by atoms with Crippen molar-refractivity contribution in [2.24, 2.45) is 5.41 Å². The molecule has 1 saturated heterocycles. The van der Waals surface area contributed by atoms with Gasteiger partial charge in [-0.15, -0.1) is 5.10 Å². The van der Waals surface area contributed by atoms with Gasteiger partial charge in [0, 0.05) is 63.8 Å². The highest BCUT2D eigenvalue weighted by Crippen LogP contribution is 2.41. The summed E-state index contributed by atoms with van der Waals surface area (Å²) in [6.45, 7) is 5.47. The van der Waals surface area contributed by atoms with Crippen LogP contribution < -0.4 is 5.32 Å². The molecule has 8 nitrogen and oxygen atoms in total. The van der Waals surface area contributed by atoms with Crippen molar-refractivity contribution in [3.05, 3.63) is 30.2 Å².